The number of aromatic nitrogens is 3. The largest absolute Gasteiger partial charge is 0.368 e. The van der Waals surface area contributed by atoms with Crippen molar-refractivity contribution in [2.24, 2.45) is 0 Å². The third-order valence-corrected chi connectivity index (χ3v) is 1.47. The highest BCUT2D eigenvalue weighted by molar-refractivity contribution is 5.79. The Balaban J connectivity index is 2.83. The number of rotatable bonds is 3. The van der Waals surface area contributed by atoms with Crippen LogP contribution in [-0.2, 0) is 11.2 Å². The molecule has 0 radical (unpaired) electrons. The minimum atomic E-state index is 0.0463. The first kappa shape index (κ1) is 9.37. The first-order valence-corrected chi connectivity index (χ1v) is 3.89. The number of hydrogen-bond donors (Lipinski definition) is 2. The lowest BCUT2D eigenvalue weighted by molar-refractivity contribution is -0.118. The van der Waals surface area contributed by atoms with Gasteiger partial charge in [0, 0.05) is 6.42 Å². The Hall–Kier alpha value is -1.72. The molecule has 1 heterocycles. The Bertz CT molecular complexity index is 304. The first-order chi connectivity index (χ1) is 6.11. The summed E-state index contributed by atoms with van der Waals surface area (Å²) in [6.45, 7) is 1.77. The summed E-state index contributed by atoms with van der Waals surface area (Å²) in [5, 5.41) is 0. The lowest BCUT2D eigenvalue weighted by Crippen LogP contribution is -2.10. The maximum absolute atomic E-state index is 11.0. The molecule has 0 bridgehead atoms. The number of anilines is 2. The molecule has 6 heteroatoms. The van der Waals surface area contributed by atoms with Crippen LogP contribution in [0.2, 0.25) is 0 Å². The van der Waals surface area contributed by atoms with Crippen LogP contribution in [0.3, 0.4) is 0 Å². The molecular weight excluding hydrogens is 170 g/mol. The van der Waals surface area contributed by atoms with Gasteiger partial charge in [0.2, 0.25) is 11.9 Å². The summed E-state index contributed by atoms with van der Waals surface area (Å²) in [7, 11) is 0. The van der Waals surface area contributed by atoms with Gasteiger partial charge in [-0.25, -0.2) is 0 Å². The molecule has 0 saturated heterocycles. The van der Waals surface area contributed by atoms with E-state index in [1.54, 1.807) is 6.92 Å². The van der Waals surface area contributed by atoms with Crippen molar-refractivity contribution in [3.05, 3.63) is 5.82 Å². The van der Waals surface area contributed by atoms with Gasteiger partial charge in [-0.1, -0.05) is 6.92 Å². The molecule has 0 spiro atoms. The smallest absolute Gasteiger partial charge is 0.225 e. The number of nitrogens with zero attached hydrogens (tertiary/aromatic N) is 3. The topological polar surface area (TPSA) is 108 Å². The first-order valence-electron chi connectivity index (χ1n) is 3.89. The van der Waals surface area contributed by atoms with E-state index in [0.717, 1.165) is 0 Å². The molecule has 1 rings (SSSR count). The zero-order valence-corrected chi connectivity index (χ0v) is 7.32. The second-order valence-electron chi connectivity index (χ2n) is 2.54. The van der Waals surface area contributed by atoms with Crippen molar-refractivity contribution in [2.75, 3.05) is 11.5 Å². The van der Waals surface area contributed by atoms with E-state index in [1.807, 2.05) is 0 Å². The fourth-order valence-electron chi connectivity index (χ4n) is 0.837. The monoisotopic (exact) mass is 181 g/mol. The van der Waals surface area contributed by atoms with Crippen LogP contribution >= 0.6 is 0 Å². The molecule has 0 aliphatic rings. The van der Waals surface area contributed by atoms with Gasteiger partial charge in [0.1, 0.15) is 11.6 Å². The Morgan fingerprint density at radius 3 is 2.23 bits per heavy atom. The fraction of sp³-hybridized carbons (Fsp3) is 0.429. The van der Waals surface area contributed by atoms with Crippen molar-refractivity contribution in [1.82, 2.24) is 15.0 Å². The lowest BCUT2D eigenvalue weighted by atomic mass is 10.2. The van der Waals surface area contributed by atoms with Crippen molar-refractivity contribution in [1.29, 1.82) is 0 Å². The van der Waals surface area contributed by atoms with Gasteiger partial charge < -0.3 is 11.5 Å². The predicted octanol–water partition coefficient (Wildman–Crippen LogP) is -0.442. The Labute approximate surface area is 75.4 Å². The van der Waals surface area contributed by atoms with Crippen LogP contribution in [0, 0.1) is 0 Å². The van der Waals surface area contributed by atoms with Crippen molar-refractivity contribution in [3.8, 4) is 0 Å². The summed E-state index contributed by atoms with van der Waals surface area (Å²) in [6.07, 6.45) is 0.610. The minimum Gasteiger partial charge on any atom is -0.368 e. The second kappa shape index (κ2) is 3.79. The van der Waals surface area contributed by atoms with Gasteiger partial charge in [0.25, 0.3) is 0 Å². The normalized spacial score (nSPS) is 9.92. The quantitative estimate of drug-likeness (QED) is 0.654. The molecule has 6 nitrogen and oxygen atoms in total. The van der Waals surface area contributed by atoms with Gasteiger partial charge in [-0.3, -0.25) is 4.79 Å². The molecule has 0 aromatic carbocycles. The van der Waals surface area contributed by atoms with Gasteiger partial charge in [-0.05, 0) is 0 Å². The highest BCUT2D eigenvalue weighted by atomic mass is 16.1. The van der Waals surface area contributed by atoms with Crippen molar-refractivity contribution in [2.45, 2.75) is 19.8 Å². The molecular formula is C7H11N5O. The summed E-state index contributed by atoms with van der Waals surface area (Å²) in [5.74, 6) is 0.472. The van der Waals surface area contributed by atoms with E-state index < -0.39 is 0 Å². The summed E-state index contributed by atoms with van der Waals surface area (Å²) in [5.41, 5.74) is 10.6. The molecule has 0 aliphatic heterocycles. The number of Topliss-reactive ketones (excluding diaryl/α,β-unsaturated/α-hetero) is 1. The van der Waals surface area contributed by atoms with E-state index in [4.69, 9.17) is 11.5 Å². The zero-order chi connectivity index (χ0) is 9.84. The van der Waals surface area contributed by atoms with Crippen molar-refractivity contribution in [3.63, 3.8) is 0 Å². The van der Waals surface area contributed by atoms with Crippen LogP contribution < -0.4 is 11.5 Å². The SMILES string of the molecule is CCC(=O)Cc1nc(N)nc(N)n1. The van der Waals surface area contributed by atoms with Crippen LogP contribution in [0.15, 0.2) is 0 Å². The van der Waals surface area contributed by atoms with Gasteiger partial charge in [-0.15, -0.1) is 0 Å². The summed E-state index contributed by atoms with van der Waals surface area (Å²) in [6, 6.07) is 0. The summed E-state index contributed by atoms with van der Waals surface area (Å²) in [4.78, 5) is 22.2. The van der Waals surface area contributed by atoms with Crippen LogP contribution in [-0.4, -0.2) is 20.7 Å². The van der Waals surface area contributed by atoms with Crippen LogP contribution in [0.1, 0.15) is 19.2 Å². The van der Waals surface area contributed by atoms with E-state index in [0.29, 0.717) is 12.2 Å². The Morgan fingerprint density at radius 2 is 1.77 bits per heavy atom. The van der Waals surface area contributed by atoms with E-state index in [-0.39, 0.29) is 24.1 Å². The van der Waals surface area contributed by atoms with Crippen LogP contribution in [0.5, 0.6) is 0 Å². The molecule has 0 fully saturated rings. The summed E-state index contributed by atoms with van der Waals surface area (Å²) >= 11 is 0. The zero-order valence-electron chi connectivity index (χ0n) is 7.32. The number of nitrogen functional groups attached to an aromatic ring is 2. The molecule has 0 unspecified atom stereocenters. The van der Waals surface area contributed by atoms with E-state index in [1.165, 1.54) is 0 Å². The number of carbonyl (C=O) groups excluding carboxylic acids is 1. The van der Waals surface area contributed by atoms with Gasteiger partial charge in [0.15, 0.2) is 0 Å². The molecule has 0 aliphatic carbocycles. The second-order valence-corrected chi connectivity index (χ2v) is 2.54. The molecule has 4 N–H and O–H groups in total. The number of nitrogens with two attached hydrogens (primary N) is 2. The van der Waals surface area contributed by atoms with Crippen LogP contribution in [0.4, 0.5) is 11.9 Å². The number of hydrogen-bond acceptors (Lipinski definition) is 6. The van der Waals surface area contributed by atoms with Gasteiger partial charge in [0.05, 0.1) is 6.42 Å². The maximum Gasteiger partial charge on any atom is 0.225 e. The number of ketones is 1. The van der Waals surface area contributed by atoms with E-state index >= 15 is 0 Å². The highest BCUT2D eigenvalue weighted by Crippen LogP contribution is 2.00. The third kappa shape index (κ3) is 2.66. The molecule has 13 heavy (non-hydrogen) atoms. The Kier molecular flexibility index (Phi) is 2.73. The van der Waals surface area contributed by atoms with Crippen LogP contribution in [0.25, 0.3) is 0 Å². The lowest BCUT2D eigenvalue weighted by Gasteiger charge is -1.99. The molecule has 1 aromatic rings. The van der Waals surface area contributed by atoms with E-state index in [2.05, 4.69) is 15.0 Å². The predicted molar refractivity (Wildman–Crippen MR) is 47.7 cm³/mol. The minimum absolute atomic E-state index is 0.0463. The van der Waals surface area contributed by atoms with E-state index in [9.17, 15) is 4.79 Å². The molecule has 0 atom stereocenters. The van der Waals surface area contributed by atoms with Gasteiger partial charge >= 0.3 is 0 Å². The third-order valence-electron chi connectivity index (χ3n) is 1.47. The maximum atomic E-state index is 11.0. The van der Waals surface area contributed by atoms with Crippen molar-refractivity contribution < 1.29 is 4.79 Å². The Morgan fingerprint density at radius 1 is 1.23 bits per heavy atom. The van der Waals surface area contributed by atoms with Gasteiger partial charge in [-0.2, -0.15) is 15.0 Å². The molecule has 0 amide bonds. The fourth-order valence-corrected chi connectivity index (χ4v) is 0.837. The molecule has 1 aromatic heterocycles. The molecule has 0 saturated carbocycles. The average Bonchev–Trinajstić information content (AvgIpc) is 2.02. The van der Waals surface area contributed by atoms with Crippen molar-refractivity contribution >= 4 is 17.7 Å². The number of carbonyl (C=O) groups is 1. The molecule has 70 valence electrons. The summed E-state index contributed by atoms with van der Waals surface area (Å²) < 4.78 is 0. The highest BCUT2D eigenvalue weighted by Gasteiger charge is 2.05. The average molecular weight is 181 g/mol. The standard InChI is InChI=1S/C7H11N5O/c1-2-4(13)3-5-10-6(8)12-7(9)11-5/h2-3H2,1H3,(H4,8,9,10,11,12).